The van der Waals surface area contributed by atoms with Crippen molar-refractivity contribution in [2.24, 2.45) is 0 Å². The summed E-state index contributed by atoms with van der Waals surface area (Å²) >= 11 is -1.24. The third-order valence-corrected chi connectivity index (χ3v) is 18.2. The minimum absolute atomic E-state index is 0.0220. The molecule has 2 aliphatic rings. The number of benzene rings is 8. The second kappa shape index (κ2) is 14.1. The maximum atomic E-state index is 2.64. The standard InChI is InChI=1S/C50H34B2N4Te2/c1-5-17-39(18-6-1)53-47-43-25-13-15-27-45(43)57-49(47)55(41-21-9-3-10-22-41)51(53)37-31-29-36-34-38(32-30-35(36)33-37)52-54(40-19-7-2-8-20-40)48-44-26-14-16-28-46(44)58-50(48)56(52)42-23-11-4-12-24-42/h1-34H. The molecular weight excluding hydrogens is 933 g/mol. The molecule has 4 nitrogen and oxygen atoms in total. The zero-order chi connectivity index (χ0) is 38.2. The third kappa shape index (κ3) is 5.44. The molecule has 2 aliphatic heterocycles. The zero-order valence-electron chi connectivity index (χ0n) is 31.4. The van der Waals surface area contributed by atoms with Crippen LogP contribution in [-0.4, -0.2) is 54.8 Å². The molecule has 0 N–H and O–H groups in total. The molecule has 272 valence electrons. The van der Waals surface area contributed by atoms with E-state index in [1.165, 1.54) is 80.8 Å². The summed E-state index contributed by atoms with van der Waals surface area (Å²) in [6.45, 7) is -0.0441. The molecule has 10 aromatic rings. The van der Waals surface area contributed by atoms with Crippen LogP contribution in [0, 0.1) is 0 Å². The van der Waals surface area contributed by atoms with Crippen molar-refractivity contribution in [3.05, 3.63) is 206 Å². The molecule has 0 aliphatic carbocycles. The van der Waals surface area contributed by atoms with Crippen molar-refractivity contribution in [3.8, 4) is 0 Å². The fourth-order valence-corrected chi connectivity index (χ4v) is 16.2. The van der Waals surface area contributed by atoms with Gasteiger partial charge in [-0.3, -0.25) is 0 Å². The van der Waals surface area contributed by atoms with Gasteiger partial charge < -0.3 is 0 Å². The Balaban J connectivity index is 1.02. The topological polar surface area (TPSA) is 13.0 Å². The Kier molecular flexibility index (Phi) is 8.35. The van der Waals surface area contributed by atoms with Gasteiger partial charge in [0.25, 0.3) is 0 Å². The van der Waals surface area contributed by atoms with Crippen LogP contribution in [0.4, 0.5) is 41.5 Å². The first-order valence-electron chi connectivity index (χ1n) is 19.7. The van der Waals surface area contributed by atoms with Crippen LogP contribution in [0.15, 0.2) is 206 Å². The van der Waals surface area contributed by atoms with E-state index in [0.717, 1.165) is 0 Å². The quantitative estimate of drug-likeness (QED) is 0.154. The molecule has 0 fully saturated rings. The van der Waals surface area contributed by atoms with Gasteiger partial charge >= 0.3 is 361 Å². The third-order valence-electron chi connectivity index (χ3n) is 11.6. The van der Waals surface area contributed by atoms with Crippen LogP contribution >= 0.6 is 0 Å². The van der Waals surface area contributed by atoms with Crippen molar-refractivity contribution >= 4 is 136 Å². The molecule has 8 heteroatoms. The summed E-state index contributed by atoms with van der Waals surface area (Å²) in [5.41, 5.74) is 10.2. The molecule has 0 amide bonds. The predicted molar refractivity (Wildman–Crippen MR) is 251 cm³/mol. The fraction of sp³-hybridized carbons (Fsp3) is 0. The van der Waals surface area contributed by atoms with Crippen LogP contribution in [0.25, 0.3) is 28.3 Å². The van der Waals surface area contributed by atoms with Crippen LogP contribution in [0.1, 0.15) is 0 Å². The summed E-state index contributed by atoms with van der Waals surface area (Å²) in [5, 5.41) is 5.26. The van der Waals surface area contributed by atoms with Crippen molar-refractivity contribution in [2.75, 3.05) is 19.2 Å². The Morgan fingerprint density at radius 3 is 1.02 bits per heavy atom. The van der Waals surface area contributed by atoms with E-state index in [1.54, 1.807) is 0 Å². The first kappa shape index (κ1) is 34.4. The number of anilines is 8. The van der Waals surface area contributed by atoms with Crippen molar-refractivity contribution in [2.45, 2.75) is 0 Å². The van der Waals surface area contributed by atoms with E-state index in [1.807, 2.05) is 0 Å². The Bertz CT molecular complexity index is 2910. The van der Waals surface area contributed by atoms with Gasteiger partial charge in [0.05, 0.1) is 0 Å². The molecule has 8 aromatic carbocycles. The van der Waals surface area contributed by atoms with Gasteiger partial charge in [0.15, 0.2) is 0 Å². The van der Waals surface area contributed by atoms with Crippen LogP contribution in [0.2, 0.25) is 0 Å². The van der Waals surface area contributed by atoms with Crippen molar-refractivity contribution in [1.82, 2.24) is 0 Å². The average Bonchev–Trinajstić information content (AvgIpc) is 4.04. The molecule has 0 spiro atoms. The molecule has 0 unspecified atom stereocenters. The predicted octanol–water partition coefficient (Wildman–Crippen LogP) is 10.6. The second-order valence-corrected chi connectivity index (χ2v) is 20.8. The molecule has 4 heterocycles. The van der Waals surface area contributed by atoms with Gasteiger partial charge in [-0.2, -0.15) is 0 Å². The maximum absolute atomic E-state index is 2.64. The van der Waals surface area contributed by atoms with Crippen molar-refractivity contribution in [1.29, 1.82) is 0 Å². The van der Waals surface area contributed by atoms with E-state index < -0.39 is 40.9 Å². The molecule has 58 heavy (non-hydrogen) atoms. The SMILES string of the molecule is c1ccc(N2B(c3ccc4cc(B5N(c6ccccc6)c6[te]c7ccccc7c6N5c5ccccc5)ccc4c3)N(c3ccccc3)c3c2[te]c2ccccc32)cc1. The van der Waals surface area contributed by atoms with Crippen LogP contribution in [-0.2, 0) is 0 Å². The summed E-state index contributed by atoms with van der Waals surface area (Å²) in [6.07, 6.45) is 0. The molecule has 0 atom stereocenters. The van der Waals surface area contributed by atoms with E-state index >= 15 is 0 Å². The van der Waals surface area contributed by atoms with E-state index in [-0.39, 0.29) is 14.0 Å². The van der Waals surface area contributed by atoms with Gasteiger partial charge in [-0.15, -0.1) is 0 Å². The first-order chi connectivity index (χ1) is 28.8. The van der Waals surface area contributed by atoms with Gasteiger partial charge in [0.1, 0.15) is 0 Å². The monoisotopic (exact) mass is 972 g/mol. The second-order valence-electron chi connectivity index (χ2n) is 14.9. The zero-order valence-corrected chi connectivity index (χ0v) is 36.1. The van der Waals surface area contributed by atoms with E-state index in [2.05, 4.69) is 226 Å². The Hall–Kier alpha value is -5.59. The number of hydrogen-bond donors (Lipinski definition) is 0. The van der Waals surface area contributed by atoms with Crippen molar-refractivity contribution in [3.63, 3.8) is 0 Å². The summed E-state index contributed by atoms with van der Waals surface area (Å²) in [6, 6.07) is 76.6. The Morgan fingerprint density at radius 1 is 0.310 bits per heavy atom. The molecule has 12 rings (SSSR count). The Labute approximate surface area is 358 Å². The summed E-state index contributed by atoms with van der Waals surface area (Å²) in [4.78, 5) is 10.5. The van der Waals surface area contributed by atoms with Gasteiger partial charge in [0.2, 0.25) is 0 Å². The van der Waals surface area contributed by atoms with Crippen LogP contribution in [0.3, 0.4) is 0 Å². The van der Waals surface area contributed by atoms with Gasteiger partial charge in [-0.25, -0.2) is 0 Å². The number of hydrogen-bond acceptors (Lipinski definition) is 4. The van der Waals surface area contributed by atoms with Crippen LogP contribution < -0.4 is 30.2 Å². The molecule has 0 radical (unpaired) electrons. The molecular formula is C50H34B2N4Te2. The Morgan fingerprint density at radius 2 is 0.638 bits per heavy atom. The number of nitrogens with zero attached hydrogens (tertiary/aromatic N) is 4. The summed E-state index contributed by atoms with van der Waals surface area (Å²) in [5.74, 6) is 0. The molecule has 0 saturated heterocycles. The molecule has 0 saturated carbocycles. The van der Waals surface area contributed by atoms with Gasteiger partial charge in [-0.1, -0.05) is 0 Å². The van der Waals surface area contributed by atoms with Gasteiger partial charge in [-0.05, 0) is 0 Å². The van der Waals surface area contributed by atoms with Crippen LogP contribution in [0.5, 0.6) is 0 Å². The van der Waals surface area contributed by atoms with Gasteiger partial charge in [0, 0.05) is 0 Å². The fourth-order valence-electron chi connectivity index (χ4n) is 9.14. The summed E-state index contributed by atoms with van der Waals surface area (Å²) in [7, 11) is 0. The molecule has 2 aromatic heterocycles. The van der Waals surface area contributed by atoms with Crippen molar-refractivity contribution < 1.29 is 0 Å². The van der Waals surface area contributed by atoms with E-state index in [4.69, 9.17) is 0 Å². The molecule has 0 bridgehead atoms. The summed E-state index contributed by atoms with van der Waals surface area (Å²) < 4.78 is 5.99. The minimum atomic E-state index is -0.621. The normalized spacial score (nSPS) is 13.7. The number of rotatable bonds is 6. The average molecular weight is 968 g/mol. The first-order valence-corrected chi connectivity index (χ1v) is 24.4. The van der Waals surface area contributed by atoms with E-state index in [0.29, 0.717) is 0 Å². The van der Waals surface area contributed by atoms with E-state index in [9.17, 15) is 0 Å². The number of fused-ring (bicyclic) bond motifs is 7. The number of para-hydroxylation sites is 4.